The number of hydrogen-bond donors (Lipinski definition) is 2. The molecule has 1 amide bonds. The number of amides is 1. The van der Waals surface area contributed by atoms with Crippen LogP contribution in [0.1, 0.15) is 30.4 Å². The molecule has 30 heavy (non-hydrogen) atoms. The van der Waals surface area contributed by atoms with Crippen LogP contribution in [0.3, 0.4) is 0 Å². The number of alkyl halides is 3. The van der Waals surface area contributed by atoms with Gasteiger partial charge in [0.25, 0.3) is 0 Å². The SMILES string of the molecule is O=C(NCc1ccc2c(c1)Oc1ccc(C(F)(F)F)cc1N2)C12CCN(CC1)CC2. The fourth-order valence-electron chi connectivity index (χ4n) is 4.56. The Hall–Kier alpha value is -2.74. The molecule has 0 spiro atoms. The number of halogens is 3. The van der Waals surface area contributed by atoms with E-state index in [-0.39, 0.29) is 17.0 Å². The molecule has 8 heteroatoms. The van der Waals surface area contributed by atoms with Crippen molar-refractivity contribution in [1.82, 2.24) is 10.2 Å². The maximum Gasteiger partial charge on any atom is 0.416 e. The molecule has 3 saturated heterocycles. The summed E-state index contributed by atoms with van der Waals surface area (Å²) in [5, 5.41) is 6.08. The molecule has 2 N–H and O–H groups in total. The molecule has 6 rings (SSSR count). The van der Waals surface area contributed by atoms with Gasteiger partial charge in [0, 0.05) is 6.54 Å². The first kappa shape index (κ1) is 19.2. The van der Waals surface area contributed by atoms with Crippen LogP contribution in [-0.2, 0) is 17.5 Å². The summed E-state index contributed by atoms with van der Waals surface area (Å²) in [4.78, 5) is 15.3. The smallest absolute Gasteiger partial charge is 0.416 e. The van der Waals surface area contributed by atoms with Gasteiger partial charge in [0.1, 0.15) is 0 Å². The summed E-state index contributed by atoms with van der Waals surface area (Å²) < 4.78 is 44.6. The van der Waals surface area contributed by atoms with Crippen molar-refractivity contribution in [1.29, 1.82) is 0 Å². The number of nitrogens with one attached hydrogen (secondary N) is 2. The second-order valence-electron chi connectivity index (χ2n) is 8.32. The lowest BCUT2D eigenvalue weighted by Crippen LogP contribution is -2.54. The van der Waals surface area contributed by atoms with Gasteiger partial charge in [0.05, 0.1) is 22.4 Å². The second kappa shape index (κ2) is 6.91. The van der Waals surface area contributed by atoms with Crippen LogP contribution in [0.2, 0.25) is 0 Å². The number of ether oxygens (including phenoxy) is 1. The van der Waals surface area contributed by atoms with Gasteiger partial charge in [-0.2, -0.15) is 13.2 Å². The predicted octanol–water partition coefficient (Wildman–Crippen LogP) is 4.66. The first-order valence-electron chi connectivity index (χ1n) is 10.1. The van der Waals surface area contributed by atoms with Gasteiger partial charge in [0.2, 0.25) is 5.91 Å². The molecular formula is C22H22F3N3O2. The Morgan fingerprint density at radius 1 is 1.03 bits per heavy atom. The minimum Gasteiger partial charge on any atom is -0.453 e. The third kappa shape index (κ3) is 3.39. The fraction of sp³-hybridized carbons (Fsp3) is 0.409. The second-order valence-corrected chi connectivity index (χ2v) is 8.32. The lowest BCUT2D eigenvalue weighted by molar-refractivity contribution is -0.138. The minimum atomic E-state index is -4.41. The van der Waals surface area contributed by atoms with E-state index in [1.165, 1.54) is 6.07 Å². The molecule has 3 fully saturated rings. The van der Waals surface area contributed by atoms with Gasteiger partial charge in [0.15, 0.2) is 11.5 Å². The van der Waals surface area contributed by atoms with Gasteiger partial charge in [-0.05, 0) is 74.8 Å². The lowest BCUT2D eigenvalue weighted by atomic mass is 9.71. The number of fused-ring (bicyclic) bond motifs is 5. The third-order valence-corrected chi connectivity index (χ3v) is 6.50. The summed E-state index contributed by atoms with van der Waals surface area (Å²) in [5.74, 6) is 0.978. The summed E-state index contributed by atoms with van der Waals surface area (Å²) in [6, 6.07) is 8.78. The Labute approximate surface area is 172 Å². The molecule has 0 radical (unpaired) electrons. The van der Waals surface area contributed by atoms with Crippen molar-refractivity contribution in [3.8, 4) is 11.5 Å². The summed E-state index contributed by atoms with van der Waals surface area (Å²) in [7, 11) is 0. The molecular weight excluding hydrogens is 395 g/mol. The van der Waals surface area contributed by atoms with Gasteiger partial charge in [-0.15, -0.1) is 0 Å². The summed E-state index contributed by atoms with van der Waals surface area (Å²) in [5.41, 5.74) is 0.782. The van der Waals surface area contributed by atoms with Crippen LogP contribution in [0.15, 0.2) is 36.4 Å². The van der Waals surface area contributed by atoms with E-state index in [1.807, 2.05) is 12.1 Å². The van der Waals surface area contributed by atoms with Crippen LogP contribution < -0.4 is 15.4 Å². The third-order valence-electron chi connectivity index (χ3n) is 6.50. The number of nitrogens with zero attached hydrogens (tertiary/aromatic N) is 1. The number of hydrogen-bond acceptors (Lipinski definition) is 4. The standard InChI is InChI=1S/C22H22F3N3O2/c23-22(24,25)15-2-4-18-17(12-15)27-16-3-1-14(11-19(16)30-18)13-26-20(29)21-5-8-28(9-6-21)10-7-21/h1-4,11-12,27H,5-10,13H2,(H,26,29). The van der Waals surface area contributed by atoms with Crippen molar-refractivity contribution < 1.29 is 22.7 Å². The summed E-state index contributed by atoms with van der Waals surface area (Å²) in [6.07, 6.45) is -1.68. The zero-order valence-electron chi connectivity index (χ0n) is 16.3. The van der Waals surface area contributed by atoms with Crippen molar-refractivity contribution in [2.75, 3.05) is 25.0 Å². The highest BCUT2D eigenvalue weighted by Crippen LogP contribution is 2.45. The van der Waals surface area contributed by atoms with Crippen molar-refractivity contribution in [2.24, 2.45) is 5.41 Å². The van der Waals surface area contributed by atoms with Crippen LogP contribution >= 0.6 is 0 Å². The molecule has 0 saturated carbocycles. The van der Waals surface area contributed by atoms with Crippen molar-refractivity contribution in [3.63, 3.8) is 0 Å². The van der Waals surface area contributed by atoms with Crippen LogP contribution in [0.25, 0.3) is 0 Å². The van der Waals surface area contributed by atoms with E-state index in [1.54, 1.807) is 6.07 Å². The normalized spacial score (nSPS) is 24.3. The molecule has 2 bridgehead atoms. The Morgan fingerprint density at radius 2 is 1.77 bits per heavy atom. The molecule has 4 aliphatic heterocycles. The summed E-state index contributed by atoms with van der Waals surface area (Å²) >= 11 is 0. The van der Waals surface area contributed by atoms with Crippen molar-refractivity contribution in [3.05, 3.63) is 47.5 Å². The molecule has 0 aromatic heterocycles. The van der Waals surface area contributed by atoms with Gasteiger partial charge >= 0.3 is 6.18 Å². The number of anilines is 2. The maximum atomic E-state index is 12.9. The van der Waals surface area contributed by atoms with Gasteiger partial charge in [-0.1, -0.05) is 6.07 Å². The molecule has 2 aromatic carbocycles. The Balaban J connectivity index is 1.28. The Morgan fingerprint density at radius 3 is 2.47 bits per heavy atom. The van der Waals surface area contributed by atoms with Gasteiger partial charge < -0.3 is 20.3 Å². The Bertz CT molecular complexity index is 984. The summed E-state index contributed by atoms with van der Waals surface area (Å²) in [6.45, 7) is 3.35. The highest BCUT2D eigenvalue weighted by molar-refractivity contribution is 5.83. The predicted molar refractivity (Wildman–Crippen MR) is 106 cm³/mol. The van der Waals surface area contributed by atoms with Gasteiger partial charge in [-0.25, -0.2) is 0 Å². The van der Waals surface area contributed by atoms with E-state index in [0.29, 0.717) is 23.7 Å². The van der Waals surface area contributed by atoms with E-state index in [4.69, 9.17) is 4.74 Å². The molecule has 0 aliphatic carbocycles. The van der Waals surface area contributed by atoms with E-state index >= 15 is 0 Å². The zero-order chi connectivity index (χ0) is 20.9. The number of rotatable bonds is 3. The van der Waals surface area contributed by atoms with E-state index in [9.17, 15) is 18.0 Å². The number of carbonyl (C=O) groups is 1. The van der Waals surface area contributed by atoms with Crippen LogP contribution in [0, 0.1) is 5.41 Å². The van der Waals surface area contributed by atoms with E-state index in [2.05, 4.69) is 15.5 Å². The number of benzene rings is 2. The maximum absolute atomic E-state index is 12.9. The molecule has 0 atom stereocenters. The van der Waals surface area contributed by atoms with Crippen molar-refractivity contribution >= 4 is 17.3 Å². The number of carbonyl (C=O) groups excluding carboxylic acids is 1. The Kier molecular flexibility index (Phi) is 4.43. The fourth-order valence-corrected chi connectivity index (χ4v) is 4.56. The monoisotopic (exact) mass is 417 g/mol. The average molecular weight is 417 g/mol. The highest BCUT2D eigenvalue weighted by Gasteiger charge is 2.44. The molecule has 4 heterocycles. The molecule has 0 unspecified atom stereocenters. The van der Waals surface area contributed by atoms with Crippen LogP contribution in [0.4, 0.5) is 24.5 Å². The van der Waals surface area contributed by atoms with E-state index < -0.39 is 11.7 Å². The topological polar surface area (TPSA) is 53.6 Å². The van der Waals surface area contributed by atoms with E-state index in [0.717, 1.165) is 56.6 Å². The molecule has 2 aromatic rings. The first-order chi connectivity index (χ1) is 14.3. The lowest BCUT2D eigenvalue weighted by Gasteiger charge is -2.47. The molecule has 4 aliphatic rings. The largest absolute Gasteiger partial charge is 0.453 e. The average Bonchev–Trinajstić information content (AvgIpc) is 2.76. The highest BCUT2D eigenvalue weighted by atomic mass is 19.4. The quantitative estimate of drug-likeness (QED) is 0.651. The van der Waals surface area contributed by atoms with Crippen LogP contribution in [-0.4, -0.2) is 30.4 Å². The zero-order valence-corrected chi connectivity index (χ0v) is 16.3. The van der Waals surface area contributed by atoms with Crippen molar-refractivity contribution in [2.45, 2.75) is 32.0 Å². The van der Waals surface area contributed by atoms with Gasteiger partial charge in [-0.3, -0.25) is 4.79 Å². The molecule has 5 nitrogen and oxygen atoms in total. The molecule has 158 valence electrons. The number of piperidine rings is 3. The minimum absolute atomic E-state index is 0.114. The first-order valence-corrected chi connectivity index (χ1v) is 10.1. The van der Waals surface area contributed by atoms with Crippen LogP contribution in [0.5, 0.6) is 11.5 Å².